The third kappa shape index (κ3) is 2.43. The van der Waals surface area contributed by atoms with E-state index >= 15 is 0 Å². The maximum absolute atomic E-state index is 12.0. The number of fused-ring (bicyclic) bond motifs is 1. The van der Waals surface area contributed by atoms with Gasteiger partial charge >= 0.3 is 0 Å². The molecule has 18 heavy (non-hydrogen) atoms. The Morgan fingerprint density at radius 3 is 2.61 bits per heavy atom. The van der Waals surface area contributed by atoms with Gasteiger partial charge in [-0.15, -0.1) is 11.3 Å². The fourth-order valence-corrected chi connectivity index (χ4v) is 4.04. The number of rotatable bonds is 4. The summed E-state index contributed by atoms with van der Waals surface area (Å²) in [6.45, 7) is 3.92. The first-order chi connectivity index (χ1) is 8.45. The van der Waals surface area contributed by atoms with Crippen LogP contribution in [0.1, 0.15) is 25.0 Å². The molecule has 0 radical (unpaired) electrons. The standard InChI is InChI=1S/C13H17NO2S2/c1-9(2)18(15,16)8-11-7-17-13-10(6-14)4-3-5-12(11)13/h3-5,7,9H,6,8,14H2,1-2H3. The van der Waals surface area contributed by atoms with Gasteiger partial charge in [-0.25, -0.2) is 8.42 Å². The molecule has 1 aromatic heterocycles. The third-order valence-corrected chi connectivity index (χ3v) is 6.33. The van der Waals surface area contributed by atoms with E-state index in [-0.39, 0.29) is 11.0 Å². The Balaban J connectivity index is 2.48. The monoisotopic (exact) mass is 283 g/mol. The first-order valence-electron chi connectivity index (χ1n) is 5.85. The van der Waals surface area contributed by atoms with Gasteiger partial charge in [-0.05, 0) is 35.7 Å². The van der Waals surface area contributed by atoms with E-state index in [1.54, 1.807) is 25.2 Å². The average molecular weight is 283 g/mol. The molecular formula is C13H17NO2S2. The van der Waals surface area contributed by atoms with E-state index in [0.717, 1.165) is 21.2 Å². The van der Waals surface area contributed by atoms with Crippen molar-refractivity contribution < 1.29 is 8.42 Å². The second-order valence-corrected chi connectivity index (χ2v) is 8.05. The molecule has 0 fully saturated rings. The lowest BCUT2D eigenvalue weighted by Gasteiger charge is -2.07. The van der Waals surface area contributed by atoms with Crippen LogP contribution in [-0.2, 0) is 22.1 Å². The van der Waals surface area contributed by atoms with Crippen LogP contribution >= 0.6 is 11.3 Å². The predicted octanol–water partition coefficient (Wildman–Crippen LogP) is 2.68. The van der Waals surface area contributed by atoms with E-state index in [2.05, 4.69) is 0 Å². The van der Waals surface area contributed by atoms with E-state index in [1.807, 2.05) is 23.6 Å². The lowest BCUT2D eigenvalue weighted by Crippen LogP contribution is -2.15. The molecule has 0 saturated heterocycles. The van der Waals surface area contributed by atoms with Crippen molar-refractivity contribution >= 4 is 31.3 Å². The topological polar surface area (TPSA) is 60.2 Å². The number of benzene rings is 1. The minimum atomic E-state index is -3.06. The molecule has 0 aliphatic carbocycles. The van der Waals surface area contributed by atoms with E-state index in [0.29, 0.717) is 6.54 Å². The molecule has 98 valence electrons. The molecule has 2 N–H and O–H groups in total. The highest BCUT2D eigenvalue weighted by Crippen LogP contribution is 2.30. The van der Waals surface area contributed by atoms with Crippen molar-refractivity contribution in [3.8, 4) is 0 Å². The maximum Gasteiger partial charge on any atom is 0.156 e. The molecule has 0 aliphatic heterocycles. The average Bonchev–Trinajstić information content (AvgIpc) is 2.71. The first-order valence-corrected chi connectivity index (χ1v) is 8.45. The minimum Gasteiger partial charge on any atom is -0.326 e. The Morgan fingerprint density at radius 2 is 2.00 bits per heavy atom. The fourth-order valence-electron chi connectivity index (χ4n) is 1.83. The van der Waals surface area contributed by atoms with Crippen LogP contribution in [0.3, 0.4) is 0 Å². The summed E-state index contributed by atoms with van der Waals surface area (Å²) in [5.41, 5.74) is 7.65. The van der Waals surface area contributed by atoms with Gasteiger partial charge < -0.3 is 5.73 Å². The molecule has 1 aromatic carbocycles. The highest BCUT2D eigenvalue weighted by atomic mass is 32.2. The van der Waals surface area contributed by atoms with Gasteiger partial charge in [0.25, 0.3) is 0 Å². The van der Waals surface area contributed by atoms with Crippen LogP contribution in [0.4, 0.5) is 0 Å². The van der Waals surface area contributed by atoms with Crippen LogP contribution in [0, 0.1) is 0 Å². The minimum absolute atomic E-state index is 0.110. The van der Waals surface area contributed by atoms with Gasteiger partial charge in [0.1, 0.15) is 0 Å². The zero-order chi connectivity index (χ0) is 13.3. The highest BCUT2D eigenvalue weighted by Gasteiger charge is 2.19. The lowest BCUT2D eigenvalue weighted by atomic mass is 10.1. The molecule has 0 amide bonds. The molecule has 0 aliphatic rings. The fraction of sp³-hybridized carbons (Fsp3) is 0.385. The van der Waals surface area contributed by atoms with E-state index in [1.165, 1.54) is 0 Å². The Hall–Kier alpha value is -0.910. The van der Waals surface area contributed by atoms with Gasteiger partial charge in [0.05, 0.1) is 11.0 Å². The van der Waals surface area contributed by atoms with Crippen molar-refractivity contribution in [1.82, 2.24) is 0 Å². The van der Waals surface area contributed by atoms with E-state index in [9.17, 15) is 8.42 Å². The highest BCUT2D eigenvalue weighted by molar-refractivity contribution is 7.91. The summed E-state index contributed by atoms with van der Waals surface area (Å²) in [5, 5.41) is 2.61. The Kier molecular flexibility index (Phi) is 3.75. The summed E-state index contributed by atoms with van der Waals surface area (Å²) < 4.78 is 25.1. The van der Waals surface area contributed by atoms with Gasteiger partial charge in [0, 0.05) is 11.2 Å². The number of hydrogen-bond acceptors (Lipinski definition) is 4. The van der Waals surface area contributed by atoms with Crippen LogP contribution in [0.15, 0.2) is 23.6 Å². The van der Waals surface area contributed by atoms with E-state index < -0.39 is 9.84 Å². The summed E-state index contributed by atoms with van der Waals surface area (Å²) in [6, 6.07) is 5.89. The molecule has 3 nitrogen and oxygen atoms in total. The number of sulfone groups is 1. The number of hydrogen-bond donors (Lipinski definition) is 1. The summed E-state index contributed by atoms with van der Waals surface area (Å²) in [6.07, 6.45) is 0. The second kappa shape index (κ2) is 4.99. The van der Waals surface area contributed by atoms with Crippen LogP contribution in [0.25, 0.3) is 10.1 Å². The summed E-state index contributed by atoms with van der Waals surface area (Å²) in [7, 11) is -3.06. The van der Waals surface area contributed by atoms with Crippen molar-refractivity contribution in [3.63, 3.8) is 0 Å². The summed E-state index contributed by atoms with van der Waals surface area (Å²) in [4.78, 5) is 0. The van der Waals surface area contributed by atoms with Crippen LogP contribution < -0.4 is 5.73 Å². The van der Waals surface area contributed by atoms with Crippen molar-refractivity contribution in [2.45, 2.75) is 31.4 Å². The molecule has 2 rings (SSSR count). The van der Waals surface area contributed by atoms with Crippen molar-refractivity contribution in [2.75, 3.05) is 0 Å². The van der Waals surface area contributed by atoms with Crippen LogP contribution in [0.2, 0.25) is 0 Å². The van der Waals surface area contributed by atoms with Gasteiger partial charge in [0.15, 0.2) is 9.84 Å². The molecular weight excluding hydrogens is 266 g/mol. The van der Waals surface area contributed by atoms with Gasteiger partial charge in [0.2, 0.25) is 0 Å². The number of thiophene rings is 1. The Bertz CT molecular complexity index is 657. The molecule has 5 heteroatoms. The zero-order valence-electron chi connectivity index (χ0n) is 10.5. The predicted molar refractivity (Wildman–Crippen MR) is 77.5 cm³/mol. The second-order valence-electron chi connectivity index (χ2n) is 4.61. The smallest absolute Gasteiger partial charge is 0.156 e. The molecule has 0 unspecified atom stereocenters. The summed E-state index contributed by atoms with van der Waals surface area (Å²) in [5.74, 6) is 0.110. The van der Waals surface area contributed by atoms with E-state index in [4.69, 9.17) is 5.73 Å². The van der Waals surface area contributed by atoms with Gasteiger partial charge in [-0.2, -0.15) is 0 Å². The summed E-state index contributed by atoms with van der Waals surface area (Å²) >= 11 is 1.57. The largest absolute Gasteiger partial charge is 0.326 e. The molecule has 0 spiro atoms. The van der Waals surface area contributed by atoms with Crippen LogP contribution in [0.5, 0.6) is 0 Å². The molecule has 2 aromatic rings. The maximum atomic E-state index is 12.0. The Labute approximate surface area is 112 Å². The zero-order valence-corrected chi connectivity index (χ0v) is 12.1. The Morgan fingerprint density at radius 1 is 1.28 bits per heavy atom. The molecule has 1 heterocycles. The SMILES string of the molecule is CC(C)S(=O)(=O)Cc1csc2c(CN)cccc12. The molecule has 0 bridgehead atoms. The van der Waals surface area contributed by atoms with Crippen molar-refractivity contribution in [3.05, 3.63) is 34.7 Å². The van der Waals surface area contributed by atoms with Crippen LogP contribution in [-0.4, -0.2) is 13.7 Å². The first kappa shape index (κ1) is 13.5. The van der Waals surface area contributed by atoms with Gasteiger partial charge in [-0.3, -0.25) is 0 Å². The molecule has 0 saturated carbocycles. The normalized spacial score (nSPS) is 12.4. The molecule has 0 atom stereocenters. The number of nitrogens with two attached hydrogens (primary N) is 1. The lowest BCUT2D eigenvalue weighted by molar-refractivity contribution is 0.587. The van der Waals surface area contributed by atoms with Crippen molar-refractivity contribution in [1.29, 1.82) is 0 Å². The quantitative estimate of drug-likeness (QED) is 0.938. The van der Waals surface area contributed by atoms with Gasteiger partial charge in [-0.1, -0.05) is 18.2 Å². The third-order valence-electron chi connectivity index (χ3n) is 3.06. The van der Waals surface area contributed by atoms with Crippen molar-refractivity contribution in [2.24, 2.45) is 5.73 Å².